The van der Waals surface area contributed by atoms with Gasteiger partial charge in [-0.1, -0.05) is 24.3 Å². The zero-order chi connectivity index (χ0) is 8.97. The molecule has 1 rings (SSSR count). The third kappa shape index (κ3) is 2.36. The van der Waals surface area contributed by atoms with Gasteiger partial charge in [0.25, 0.3) is 0 Å². The van der Waals surface area contributed by atoms with Gasteiger partial charge in [0.05, 0.1) is 13.0 Å². The Morgan fingerprint density at radius 2 is 2.08 bits per heavy atom. The van der Waals surface area contributed by atoms with Crippen LogP contribution in [0.4, 0.5) is 0 Å². The van der Waals surface area contributed by atoms with Gasteiger partial charge in [-0.3, -0.25) is 4.79 Å². The lowest BCUT2D eigenvalue weighted by atomic mass is 10.1. The number of hydrogen-bond acceptors (Lipinski definition) is 2. The second-order valence-corrected chi connectivity index (χ2v) is 2.62. The highest BCUT2D eigenvalue weighted by Crippen LogP contribution is 2.05. The molecule has 0 bridgehead atoms. The lowest BCUT2D eigenvalue weighted by molar-refractivity contribution is -0.117. The Hall–Kier alpha value is -1.35. The summed E-state index contributed by atoms with van der Waals surface area (Å²) >= 11 is 0. The normalized spacial score (nSPS) is 9.75. The van der Waals surface area contributed by atoms with Crippen molar-refractivity contribution in [3.63, 3.8) is 0 Å². The van der Waals surface area contributed by atoms with Crippen LogP contribution >= 0.6 is 0 Å². The average molecular weight is 165 g/mol. The maximum atomic E-state index is 10.5. The highest BCUT2D eigenvalue weighted by molar-refractivity contribution is 5.76. The number of amides is 1. The minimum absolute atomic E-state index is 0.00734. The molecule has 0 aliphatic carbocycles. The van der Waals surface area contributed by atoms with Crippen molar-refractivity contribution < 1.29 is 9.90 Å². The molecular weight excluding hydrogens is 154 g/mol. The van der Waals surface area contributed by atoms with E-state index in [0.717, 1.165) is 11.1 Å². The highest BCUT2D eigenvalue weighted by atomic mass is 16.3. The fraction of sp³-hybridized carbons (Fsp3) is 0.222. The first-order valence-corrected chi connectivity index (χ1v) is 3.69. The Bertz CT molecular complexity index is 284. The third-order valence-electron chi connectivity index (χ3n) is 1.55. The molecule has 0 aromatic heterocycles. The zero-order valence-corrected chi connectivity index (χ0v) is 6.66. The molecular formula is C9H11NO2. The Balaban J connectivity index is 2.79. The van der Waals surface area contributed by atoms with Crippen LogP contribution < -0.4 is 5.73 Å². The molecule has 0 saturated heterocycles. The van der Waals surface area contributed by atoms with E-state index in [0.29, 0.717) is 0 Å². The lowest BCUT2D eigenvalue weighted by Crippen LogP contribution is -2.13. The topological polar surface area (TPSA) is 63.3 Å². The molecule has 0 aliphatic heterocycles. The van der Waals surface area contributed by atoms with E-state index in [1.807, 2.05) is 6.07 Å². The number of carbonyl (C=O) groups excluding carboxylic acids is 1. The van der Waals surface area contributed by atoms with E-state index < -0.39 is 0 Å². The maximum Gasteiger partial charge on any atom is 0.221 e. The van der Waals surface area contributed by atoms with Gasteiger partial charge in [-0.2, -0.15) is 0 Å². The van der Waals surface area contributed by atoms with E-state index in [1.165, 1.54) is 0 Å². The standard InChI is InChI=1S/C9H11NO2/c10-9(12)5-7-2-1-3-8(4-7)6-11/h1-4,11H,5-6H2,(H2,10,12). The summed E-state index contributed by atoms with van der Waals surface area (Å²) in [5.41, 5.74) is 6.66. The predicted octanol–water partition coefficient (Wildman–Crippen LogP) is 0.207. The van der Waals surface area contributed by atoms with Crippen LogP contribution in [0.1, 0.15) is 11.1 Å². The van der Waals surface area contributed by atoms with Crippen molar-refractivity contribution in [1.82, 2.24) is 0 Å². The van der Waals surface area contributed by atoms with Crippen molar-refractivity contribution in [2.24, 2.45) is 5.73 Å². The Morgan fingerprint density at radius 1 is 1.42 bits per heavy atom. The van der Waals surface area contributed by atoms with Gasteiger partial charge in [0.2, 0.25) is 5.91 Å². The molecule has 0 radical (unpaired) electrons. The van der Waals surface area contributed by atoms with Crippen LogP contribution in [0, 0.1) is 0 Å². The van der Waals surface area contributed by atoms with Crippen LogP contribution in [0.2, 0.25) is 0 Å². The molecule has 1 aromatic rings. The number of aliphatic hydroxyl groups excluding tert-OH is 1. The summed E-state index contributed by atoms with van der Waals surface area (Å²) < 4.78 is 0. The molecule has 0 unspecified atom stereocenters. The number of aliphatic hydroxyl groups is 1. The van der Waals surface area contributed by atoms with Crippen molar-refractivity contribution >= 4 is 5.91 Å². The molecule has 64 valence electrons. The Kier molecular flexibility index (Phi) is 2.82. The van der Waals surface area contributed by atoms with Crippen LogP contribution in [0.15, 0.2) is 24.3 Å². The quantitative estimate of drug-likeness (QED) is 0.672. The first-order valence-electron chi connectivity index (χ1n) is 3.69. The van der Waals surface area contributed by atoms with Crippen molar-refractivity contribution in [3.05, 3.63) is 35.4 Å². The summed E-state index contributed by atoms with van der Waals surface area (Å²) in [7, 11) is 0. The minimum atomic E-state index is -0.356. The smallest absolute Gasteiger partial charge is 0.221 e. The van der Waals surface area contributed by atoms with Crippen LogP contribution in [-0.4, -0.2) is 11.0 Å². The van der Waals surface area contributed by atoms with Crippen molar-refractivity contribution in [3.8, 4) is 0 Å². The molecule has 3 heteroatoms. The van der Waals surface area contributed by atoms with Gasteiger partial charge in [-0.15, -0.1) is 0 Å². The predicted molar refractivity (Wildman–Crippen MR) is 45.3 cm³/mol. The van der Waals surface area contributed by atoms with Gasteiger partial charge in [0, 0.05) is 0 Å². The SMILES string of the molecule is NC(=O)Cc1cccc(CO)c1. The lowest BCUT2D eigenvalue weighted by Gasteiger charge is -1.99. The zero-order valence-electron chi connectivity index (χ0n) is 6.66. The first-order chi connectivity index (χ1) is 5.72. The summed E-state index contributed by atoms with van der Waals surface area (Å²) in [4.78, 5) is 10.5. The summed E-state index contributed by atoms with van der Waals surface area (Å²) in [5.74, 6) is -0.356. The number of carbonyl (C=O) groups is 1. The second kappa shape index (κ2) is 3.88. The maximum absolute atomic E-state index is 10.5. The van der Waals surface area contributed by atoms with E-state index in [9.17, 15) is 4.79 Å². The van der Waals surface area contributed by atoms with Gasteiger partial charge in [0.1, 0.15) is 0 Å². The van der Waals surface area contributed by atoms with Gasteiger partial charge < -0.3 is 10.8 Å². The summed E-state index contributed by atoms with van der Waals surface area (Å²) in [6.07, 6.45) is 0.230. The van der Waals surface area contributed by atoms with Gasteiger partial charge >= 0.3 is 0 Å². The molecule has 0 atom stereocenters. The Labute approximate surface area is 70.8 Å². The van der Waals surface area contributed by atoms with E-state index >= 15 is 0 Å². The minimum Gasteiger partial charge on any atom is -0.392 e. The van der Waals surface area contributed by atoms with Gasteiger partial charge in [0.15, 0.2) is 0 Å². The highest BCUT2D eigenvalue weighted by Gasteiger charge is 1.98. The first kappa shape index (κ1) is 8.74. The van der Waals surface area contributed by atoms with Crippen molar-refractivity contribution in [2.75, 3.05) is 0 Å². The molecule has 0 heterocycles. The van der Waals surface area contributed by atoms with E-state index in [2.05, 4.69) is 0 Å². The second-order valence-electron chi connectivity index (χ2n) is 2.62. The van der Waals surface area contributed by atoms with Crippen molar-refractivity contribution in [2.45, 2.75) is 13.0 Å². The molecule has 3 N–H and O–H groups in total. The van der Waals surface area contributed by atoms with Crippen molar-refractivity contribution in [1.29, 1.82) is 0 Å². The van der Waals surface area contributed by atoms with Crippen LogP contribution in [0.3, 0.4) is 0 Å². The molecule has 1 amide bonds. The number of nitrogens with two attached hydrogens (primary N) is 1. The van der Waals surface area contributed by atoms with Crippen LogP contribution in [0.25, 0.3) is 0 Å². The molecule has 1 aromatic carbocycles. The van der Waals surface area contributed by atoms with Gasteiger partial charge in [-0.25, -0.2) is 0 Å². The summed E-state index contributed by atoms with van der Waals surface area (Å²) in [5, 5.41) is 8.78. The fourth-order valence-corrected chi connectivity index (χ4v) is 1.04. The molecule has 3 nitrogen and oxygen atoms in total. The largest absolute Gasteiger partial charge is 0.392 e. The molecule has 0 fully saturated rings. The van der Waals surface area contributed by atoms with Crippen LogP contribution in [-0.2, 0) is 17.8 Å². The molecule has 0 spiro atoms. The molecule has 0 saturated carbocycles. The fourth-order valence-electron chi connectivity index (χ4n) is 1.04. The Morgan fingerprint density at radius 3 is 2.67 bits per heavy atom. The summed E-state index contributed by atoms with van der Waals surface area (Å²) in [6, 6.07) is 7.17. The molecule has 12 heavy (non-hydrogen) atoms. The number of benzene rings is 1. The van der Waals surface area contributed by atoms with E-state index in [-0.39, 0.29) is 18.9 Å². The number of hydrogen-bond donors (Lipinski definition) is 2. The van der Waals surface area contributed by atoms with Gasteiger partial charge in [-0.05, 0) is 11.1 Å². The van der Waals surface area contributed by atoms with E-state index in [4.69, 9.17) is 10.8 Å². The third-order valence-corrected chi connectivity index (χ3v) is 1.55. The monoisotopic (exact) mass is 165 g/mol. The average Bonchev–Trinajstić information content (AvgIpc) is 2.03. The number of primary amides is 1. The van der Waals surface area contributed by atoms with E-state index in [1.54, 1.807) is 18.2 Å². The molecule has 0 aliphatic rings. The number of rotatable bonds is 3. The summed E-state index contributed by atoms with van der Waals surface area (Å²) in [6.45, 7) is -0.00734. The van der Waals surface area contributed by atoms with Crippen LogP contribution in [0.5, 0.6) is 0 Å².